The van der Waals surface area contributed by atoms with Gasteiger partial charge in [0.05, 0.1) is 0 Å². The highest BCUT2D eigenvalue weighted by Crippen LogP contribution is 2.37. The van der Waals surface area contributed by atoms with Gasteiger partial charge >= 0.3 is 0 Å². The Kier molecular flexibility index (Phi) is 4.63. The van der Waals surface area contributed by atoms with Gasteiger partial charge in [0.2, 0.25) is 0 Å². The normalized spacial score (nSPS) is 23.7. The van der Waals surface area contributed by atoms with Crippen molar-refractivity contribution in [2.45, 2.75) is 19.8 Å². The minimum absolute atomic E-state index is 0.0253. The van der Waals surface area contributed by atoms with Gasteiger partial charge in [-0.15, -0.1) is 0 Å². The summed E-state index contributed by atoms with van der Waals surface area (Å²) in [6.45, 7) is 2.01. The molecule has 1 saturated carbocycles. The van der Waals surface area contributed by atoms with Crippen LogP contribution in [0.15, 0.2) is 48.5 Å². The van der Waals surface area contributed by atoms with Crippen molar-refractivity contribution in [3.63, 3.8) is 0 Å². The number of carbonyl (C=O) groups is 2. The van der Waals surface area contributed by atoms with E-state index in [4.69, 9.17) is 11.6 Å². The fourth-order valence-corrected chi connectivity index (χ4v) is 3.57. The second-order valence-electron chi connectivity index (χ2n) is 6.29. The Balaban J connectivity index is 1.78. The predicted molar refractivity (Wildman–Crippen MR) is 92.7 cm³/mol. The maximum absolute atomic E-state index is 12.7. The van der Waals surface area contributed by atoms with Gasteiger partial charge in [-0.3, -0.25) is 4.79 Å². The molecule has 3 heteroatoms. The molecule has 3 atom stereocenters. The third-order valence-corrected chi connectivity index (χ3v) is 5.23. The first-order valence-electron chi connectivity index (χ1n) is 7.95. The zero-order valence-corrected chi connectivity index (χ0v) is 13.8. The Labute approximate surface area is 141 Å². The van der Waals surface area contributed by atoms with Crippen molar-refractivity contribution in [2.24, 2.45) is 17.8 Å². The van der Waals surface area contributed by atoms with Crippen molar-refractivity contribution in [1.29, 1.82) is 0 Å². The van der Waals surface area contributed by atoms with Crippen LogP contribution in [0.4, 0.5) is 0 Å². The minimum atomic E-state index is -0.0356. The number of carbonyl (C=O) groups excluding carboxylic acids is 2. The lowest BCUT2D eigenvalue weighted by Gasteiger charge is -2.16. The predicted octanol–water partition coefficient (Wildman–Crippen LogP) is 5.05. The zero-order chi connectivity index (χ0) is 16.4. The summed E-state index contributed by atoms with van der Waals surface area (Å²) in [6, 6.07) is 15.3. The molecule has 2 aromatic carbocycles. The van der Waals surface area contributed by atoms with E-state index in [0.717, 1.165) is 35.8 Å². The summed E-state index contributed by atoms with van der Waals surface area (Å²) in [5, 5.41) is 0.709. The third kappa shape index (κ3) is 3.23. The summed E-state index contributed by atoms with van der Waals surface area (Å²) in [4.78, 5) is 23.7. The van der Waals surface area contributed by atoms with Crippen LogP contribution in [-0.4, -0.2) is 12.1 Å². The number of hydrogen-bond acceptors (Lipinski definition) is 2. The molecule has 2 aromatic rings. The van der Waals surface area contributed by atoms with Crippen LogP contribution in [0.5, 0.6) is 0 Å². The van der Waals surface area contributed by atoms with Crippen molar-refractivity contribution in [2.75, 3.05) is 0 Å². The molecule has 0 spiro atoms. The van der Waals surface area contributed by atoms with E-state index in [0.29, 0.717) is 5.02 Å². The molecule has 23 heavy (non-hydrogen) atoms. The molecule has 1 aliphatic rings. The van der Waals surface area contributed by atoms with Crippen LogP contribution >= 0.6 is 11.6 Å². The Hall–Kier alpha value is -1.93. The van der Waals surface area contributed by atoms with Gasteiger partial charge in [-0.2, -0.15) is 0 Å². The van der Waals surface area contributed by atoms with Crippen LogP contribution in [0, 0.1) is 17.8 Å². The van der Waals surface area contributed by atoms with Gasteiger partial charge in [-0.05, 0) is 42.0 Å². The van der Waals surface area contributed by atoms with Crippen LogP contribution in [0.3, 0.4) is 0 Å². The van der Waals surface area contributed by atoms with E-state index in [1.807, 2.05) is 55.5 Å². The van der Waals surface area contributed by atoms with Gasteiger partial charge in [-0.25, -0.2) is 0 Å². The first-order chi connectivity index (χ1) is 11.1. The molecule has 0 saturated heterocycles. The maximum Gasteiger partial charge on any atom is 0.166 e. The molecule has 1 aliphatic carbocycles. The van der Waals surface area contributed by atoms with Gasteiger partial charge in [-0.1, -0.05) is 54.9 Å². The van der Waals surface area contributed by atoms with Crippen molar-refractivity contribution >= 4 is 23.7 Å². The summed E-state index contributed by atoms with van der Waals surface area (Å²) in [7, 11) is 0. The highest BCUT2D eigenvalue weighted by atomic mass is 35.5. The van der Waals surface area contributed by atoms with Gasteiger partial charge < -0.3 is 4.79 Å². The summed E-state index contributed by atoms with van der Waals surface area (Å²) >= 11 is 5.91. The highest BCUT2D eigenvalue weighted by Gasteiger charge is 2.37. The lowest BCUT2D eigenvalue weighted by molar-refractivity contribution is -0.111. The minimum Gasteiger partial charge on any atom is -0.303 e. The highest BCUT2D eigenvalue weighted by molar-refractivity contribution is 6.30. The Morgan fingerprint density at radius 1 is 1.00 bits per heavy atom. The van der Waals surface area contributed by atoms with E-state index in [2.05, 4.69) is 0 Å². The molecule has 3 rings (SSSR count). The number of hydrogen-bond donors (Lipinski definition) is 0. The number of aldehydes is 1. The molecule has 0 bridgehead atoms. The molecule has 118 valence electrons. The summed E-state index contributed by atoms with van der Waals surface area (Å²) in [5.41, 5.74) is 2.86. The SMILES string of the molecule is CC1C(C=O)CCC1C(=O)c1ccc(-c2ccc(Cl)cc2)cc1. The lowest BCUT2D eigenvalue weighted by Crippen LogP contribution is -2.20. The first kappa shape index (κ1) is 15.9. The van der Waals surface area contributed by atoms with Gasteiger partial charge in [0.15, 0.2) is 5.78 Å². The molecular formula is C20H19ClO2. The average Bonchev–Trinajstić information content (AvgIpc) is 2.96. The molecule has 3 unspecified atom stereocenters. The number of benzene rings is 2. The second-order valence-corrected chi connectivity index (χ2v) is 6.73. The van der Waals surface area contributed by atoms with E-state index < -0.39 is 0 Å². The topological polar surface area (TPSA) is 34.1 Å². The molecule has 1 fully saturated rings. The first-order valence-corrected chi connectivity index (χ1v) is 8.33. The Morgan fingerprint density at radius 3 is 2.09 bits per heavy atom. The lowest BCUT2D eigenvalue weighted by atomic mass is 9.86. The van der Waals surface area contributed by atoms with E-state index in [1.54, 1.807) is 0 Å². The largest absolute Gasteiger partial charge is 0.303 e. The van der Waals surface area contributed by atoms with Crippen molar-refractivity contribution < 1.29 is 9.59 Å². The zero-order valence-electron chi connectivity index (χ0n) is 13.0. The standard InChI is InChI=1S/C20H19ClO2/c1-13-17(12-22)8-11-19(13)20(23)16-4-2-14(3-5-16)15-6-9-18(21)10-7-15/h2-7,9-10,12-13,17,19H,8,11H2,1H3. The summed E-state index contributed by atoms with van der Waals surface area (Å²) in [6.07, 6.45) is 2.63. The number of rotatable bonds is 4. The van der Waals surface area contributed by atoms with Crippen molar-refractivity contribution in [3.8, 4) is 11.1 Å². The quantitative estimate of drug-likeness (QED) is 0.582. The van der Waals surface area contributed by atoms with Crippen molar-refractivity contribution in [3.05, 3.63) is 59.1 Å². The summed E-state index contributed by atoms with van der Waals surface area (Å²) in [5.74, 6) is 0.282. The Morgan fingerprint density at radius 2 is 1.57 bits per heavy atom. The number of ketones is 1. The van der Waals surface area contributed by atoms with Gasteiger partial charge in [0, 0.05) is 22.4 Å². The molecular weight excluding hydrogens is 308 g/mol. The molecule has 0 aliphatic heterocycles. The van der Waals surface area contributed by atoms with E-state index in [9.17, 15) is 9.59 Å². The average molecular weight is 327 g/mol. The van der Waals surface area contributed by atoms with Crippen LogP contribution in [0.1, 0.15) is 30.1 Å². The molecule has 0 heterocycles. The van der Waals surface area contributed by atoms with Crippen LogP contribution in [0.2, 0.25) is 5.02 Å². The third-order valence-electron chi connectivity index (χ3n) is 4.98. The second kappa shape index (κ2) is 6.67. The van der Waals surface area contributed by atoms with E-state index in [-0.39, 0.29) is 23.5 Å². The van der Waals surface area contributed by atoms with Crippen molar-refractivity contribution in [1.82, 2.24) is 0 Å². The molecule has 0 amide bonds. The molecule has 0 radical (unpaired) electrons. The maximum atomic E-state index is 12.7. The van der Waals surface area contributed by atoms with E-state index >= 15 is 0 Å². The van der Waals surface area contributed by atoms with E-state index in [1.165, 1.54) is 0 Å². The van der Waals surface area contributed by atoms with Crippen LogP contribution in [-0.2, 0) is 4.79 Å². The number of halogens is 1. The Bertz CT molecular complexity index is 703. The fourth-order valence-electron chi connectivity index (χ4n) is 3.44. The van der Waals surface area contributed by atoms with Gasteiger partial charge in [0.1, 0.15) is 6.29 Å². The summed E-state index contributed by atoms with van der Waals surface area (Å²) < 4.78 is 0. The number of Topliss-reactive ketones (excluding diaryl/α,β-unsaturated/α-hetero) is 1. The monoisotopic (exact) mass is 326 g/mol. The smallest absolute Gasteiger partial charge is 0.166 e. The van der Waals surface area contributed by atoms with Gasteiger partial charge in [0.25, 0.3) is 0 Å². The molecule has 0 N–H and O–H groups in total. The van der Waals surface area contributed by atoms with Crippen LogP contribution in [0.25, 0.3) is 11.1 Å². The molecule has 0 aromatic heterocycles. The molecule has 2 nitrogen and oxygen atoms in total. The fraction of sp³-hybridized carbons (Fsp3) is 0.300. The van der Waals surface area contributed by atoms with Crippen LogP contribution < -0.4 is 0 Å².